The minimum Gasteiger partial charge on any atom is -0.361 e. The molecule has 0 fully saturated rings. The molecular weight excluding hydrogens is 230 g/mol. The lowest BCUT2D eigenvalue weighted by molar-refractivity contribution is -0.120. The first-order chi connectivity index (χ1) is 8.81. The van der Waals surface area contributed by atoms with Crippen LogP contribution in [0.1, 0.15) is 12.0 Å². The lowest BCUT2D eigenvalue weighted by Crippen LogP contribution is -2.27. The Morgan fingerprint density at radius 2 is 2.22 bits per heavy atom. The minimum absolute atomic E-state index is 0.0109. The molecule has 0 radical (unpaired) electrons. The van der Waals surface area contributed by atoms with E-state index in [4.69, 9.17) is 5.90 Å². The topological polar surface area (TPSA) is 80.1 Å². The van der Waals surface area contributed by atoms with Gasteiger partial charge in [0.25, 0.3) is 0 Å². The van der Waals surface area contributed by atoms with Gasteiger partial charge in [0, 0.05) is 23.6 Å². The molecule has 0 saturated heterocycles. The van der Waals surface area contributed by atoms with Crippen LogP contribution in [0.15, 0.2) is 30.5 Å². The number of rotatable bonds is 6. The highest BCUT2D eigenvalue weighted by molar-refractivity contribution is 5.88. The maximum absolute atomic E-state index is 11.7. The standard InChI is InChI=1S/C13H17N3O2/c14-18-7-3-6-15-13(17)8-10-9-16-12-5-2-1-4-11(10)12/h1-2,4-5,9,16H,3,6-8,14H2,(H,15,17). The zero-order valence-corrected chi connectivity index (χ0v) is 10.1. The Balaban J connectivity index is 1.91. The molecule has 0 unspecified atom stereocenters. The van der Waals surface area contributed by atoms with Gasteiger partial charge in [-0.1, -0.05) is 18.2 Å². The molecule has 0 saturated carbocycles. The number of hydrogen-bond acceptors (Lipinski definition) is 3. The molecule has 5 heteroatoms. The Morgan fingerprint density at radius 1 is 1.39 bits per heavy atom. The molecular formula is C13H17N3O2. The number of amides is 1. The van der Waals surface area contributed by atoms with Crippen LogP contribution in [-0.2, 0) is 16.1 Å². The summed E-state index contributed by atoms with van der Waals surface area (Å²) >= 11 is 0. The molecule has 0 aliphatic rings. The monoisotopic (exact) mass is 247 g/mol. The van der Waals surface area contributed by atoms with Gasteiger partial charge in [-0.2, -0.15) is 0 Å². The van der Waals surface area contributed by atoms with Crippen molar-refractivity contribution in [1.82, 2.24) is 10.3 Å². The highest BCUT2D eigenvalue weighted by atomic mass is 16.6. The van der Waals surface area contributed by atoms with Crippen molar-refractivity contribution in [1.29, 1.82) is 0 Å². The second kappa shape index (κ2) is 6.18. The van der Waals surface area contributed by atoms with Gasteiger partial charge >= 0.3 is 0 Å². The SMILES string of the molecule is NOCCCNC(=O)Cc1c[nH]c2ccccc12. The number of fused-ring (bicyclic) bond motifs is 1. The van der Waals surface area contributed by atoms with Crippen molar-refractivity contribution in [2.24, 2.45) is 5.90 Å². The maximum Gasteiger partial charge on any atom is 0.224 e. The number of aromatic amines is 1. The quantitative estimate of drug-likeness (QED) is 0.528. The third kappa shape index (κ3) is 3.09. The van der Waals surface area contributed by atoms with Crippen LogP contribution in [0.2, 0.25) is 0 Å². The number of aromatic nitrogens is 1. The second-order valence-electron chi connectivity index (χ2n) is 4.11. The number of nitrogens with one attached hydrogen (secondary N) is 2. The van der Waals surface area contributed by atoms with Crippen LogP contribution in [0, 0.1) is 0 Å². The predicted octanol–water partition coefficient (Wildman–Crippen LogP) is 1.11. The number of carbonyl (C=O) groups is 1. The summed E-state index contributed by atoms with van der Waals surface area (Å²) in [5, 5.41) is 3.93. The smallest absolute Gasteiger partial charge is 0.224 e. The van der Waals surface area contributed by atoms with E-state index in [0.29, 0.717) is 19.6 Å². The average molecular weight is 247 g/mol. The van der Waals surface area contributed by atoms with Crippen LogP contribution in [0.3, 0.4) is 0 Å². The fourth-order valence-corrected chi connectivity index (χ4v) is 1.90. The van der Waals surface area contributed by atoms with Crippen molar-refractivity contribution in [2.45, 2.75) is 12.8 Å². The summed E-state index contributed by atoms with van der Waals surface area (Å²) in [6.45, 7) is 1.03. The van der Waals surface area contributed by atoms with Crippen LogP contribution in [0.25, 0.3) is 10.9 Å². The van der Waals surface area contributed by atoms with Crippen molar-refractivity contribution < 1.29 is 9.63 Å². The molecule has 96 valence electrons. The van der Waals surface area contributed by atoms with E-state index in [1.807, 2.05) is 30.5 Å². The summed E-state index contributed by atoms with van der Waals surface area (Å²) < 4.78 is 0. The van der Waals surface area contributed by atoms with Crippen LogP contribution >= 0.6 is 0 Å². The summed E-state index contributed by atoms with van der Waals surface area (Å²) in [6.07, 6.45) is 2.98. The van der Waals surface area contributed by atoms with Gasteiger partial charge in [-0.3, -0.25) is 4.79 Å². The zero-order valence-electron chi connectivity index (χ0n) is 10.1. The summed E-state index contributed by atoms with van der Waals surface area (Å²) in [7, 11) is 0. The zero-order chi connectivity index (χ0) is 12.8. The number of benzene rings is 1. The Morgan fingerprint density at radius 3 is 3.06 bits per heavy atom. The lowest BCUT2D eigenvalue weighted by atomic mass is 10.1. The molecule has 2 rings (SSSR count). The molecule has 0 aliphatic carbocycles. The normalized spacial score (nSPS) is 10.7. The molecule has 1 aromatic carbocycles. The first kappa shape index (κ1) is 12.6. The first-order valence-corrected chi connectivity index (χ1v) is 5.94. The van der Waals surface area contributed by atoms with E-state index >= 15 is 0 Å². The number of nitrogens with two attached hydrogens (primary N) is 1. The summed E-state index contributed by atoms with van der Waals surface area (Å²) in [4.78, 5) is 19.3. The molecule has 0 aliphatic heterocycles. The van der Waals surface area contributed by atoms with E-state index < -0.39 is 0 Å². The number of H-pyrrole nitrogens is 1. The van der Waals surface area contributed by atoms with Crippen molar-refractivity contribution in [3.05, 3.63) is 36.0 Å². The summed E-state index contributed by atoms with van der Waals surface area (Å²) in [5.41, 5.74) is 2.06. The van der Waals surface area contributed by atoms with Gasteiger partial charge in [-0.15, -0.1) is 0 Å². The Labute approximate surface area is 105 Å². The summed E-state index contributed by atoms with van der Waals surface area (Å²) in [6, 6.07) is 7.94. The number of hydrogen-bond donors (Lipinski definition) is 3. The van der Waals surface area contributed by atoms with Crippen molar-refractivity contribution in [2.75, 3.05) is 13.2 Å². The van der Waals surface area contributed by atoms with Gasteiger partial charge in [0.1, 0.15) is 0 Å². The molecule has 1 amide bonds. The third-order valence-corrected chi connectivity index (χ3v) is 2.79. The fourth-order valence-electron chi connectivity index (χ4n) is 1.90. The first-order valence-electron chi connectivity index (χ1n) is 5.94. The van der Waals surface area contributed by atoms with Crippen molar-refractivity contribution >= 4 is 16.8 Å². The fraction of sp³-hybridized carbons (Fsp3) is 0.308. The lowest BCUT2D eigenvalue weighted by Gasteiger charge is -2.03. The summed E-state index contributed by atoms with van der Waals surface area (Å²) in [5.74, 6) is 4.91. The van der Waals surface area contributed by atoms with E-state index in [1.165, 1.54) is 0 Å². The van der Waals surface area contributed by atoms with Crippen molar-refractivity contribution in [3.8, 4) is 0 Å². The molecule has 1 heterocycles. The van der Waals surface area contributed by atoms with E-state index in [2.05, 4.69) is 15.1 Å². The van der Waals surface area contributed by atoms with E-state index in [-0.39, 0.29) is 5.91 Å². The van der Waals surface area contributed by atoms with Gasteiger partial charge in [-0.25, -0.2) is 5.90 Å². The molecule has 0 bridgehead atoms. The average Bonchev–Trinajstić information content (AvgIpc) is 2.78. The number of para-hydroxylation sites is 1. The van der Waals surface area contributed by atoms with Crippen LogP contribution in [-0.4, -0.2) is 24.0 Å². The van der Waals surface area contributed by atoms with Gasteiger partial charge in [0.2, 0.25) is 5.91 Å². The van der Waals surface area contributed by atoms with Gasteiger partial charge in [0.05, 0.1) is 13.0 Å². The van der Waals surface area contributed by atoms with E-state index in [0.717, 1.165) is 22.9 Å². The van der Waals surface area contributed by atoms with Gasteiger partial charge < -0.3 is 15.1 Å². The maximum atomic E-state index is 11.7. The predicted molar refractivity (Wildman–Crippen MR) is 69.8 cm³/mol. The van der Waals surface area contributed by atoms with Gasteiger partial charge in [0.15, 0.2) is 0 Å². The molecule has 2 aromatic rings. The third-order valence-electron chi connectivity index (χ3n) is 2.79. The Kier molecular flexibility index (Phi) is 4.33. The molecule has 18 heavy (non-hydrogen) atoms. The number of carbonyl (C=O) groups excluding carboxylic acids is 1. The molecule has 5 nitrogen and oxygen atoms in total. The molecule has 4 N–H and O–H groups in total. The van der Waals surface area contributed by atoms with Crippen LogP contribution in [0.5, 0.6) is 0 Å². The van der Waals surface area contributed by atoms with Gasteiger partial charge in [-0.05, 0) is 18.1 Å². The second-order valence-corrected chi connectivity index (χ2v) is 4.11. The van der Waals surface area contributed by atoms with Crippen molar-refractivity contribution in [3.63, 3.8) is 0 Å². The Bertz CT molecular complexity index is 522. The molecule has 1 aromatic heterocycles. The van der Waals surface area contributed by atoms with Crippen LogP contribution < -0.4 is 11.2 Å². The largest absolute Gasteiger partial charge is 0.361 e. The van der Waals surface area contributed by atoms with E-state index in [9.17, 15) is 4.79 Å². The molecule has 0 atom stereocenters. The highest BCUT2D eigenvalue weighted by Gasteiger charge is 2.07. The highest BCUT2D eigenvalue weighted by Crippen LogP contribution is 2.17. The Hall–Kier alpha value is -1.85. The van der Waals surface area contributed by atoms with Crippen LogP contribution in [0.4, 0.5) is 0 Å². The molecule has 0 spiro atoms. The minimum atomic E-state index is 0.0109. The van der Waals surface area contributed by atoms with E-state index in [1.54, 1.807) is 0 Å².